The van der Waals surface area contributed by atoms with Gasteiger partial charge in [0.2, 0.25) is 0 Å². The molecule has 0 radical (unpaired) electrons. The highest BCUT2D eigenvalue weighted by Gasteiger charge is 2.27. The first-order chi connectivity index (χ1) is 9.19. The van der Waals surface area contributed by atoms with Crippen LogP contribution in [0.25, 0.3) is 0 Å². The molecule has 3 rings (SSSR count). The molecule has 0 aliphatic carbocycles. The number of halogens is 1. The van der Waals surface area contributed by atoms with Gasteiger partial charge in [-0.2, -0.15) is 0 Å². The van der Waals surface area contributed by atoms with Crippen LogP contribution < -0.4 is 0 Å². The number of carbonyl (C=O) groups is 1. The lowest BCUT2D eigenvalue weighted by Gasteiger charge is -2.34. The smallest absolute Gasteiger partial charge is 0.160 e. The van der Waals surface area contributed by atoms with E-state index in [9.17, 15) is 4.79 Å². The molecule has 2 nitrogen and oxygen atoms in total. The van der Waals surface area contributed by atoms with E-state index in [0.29, 0.717) is 0 Å². The highest BCUT2D eigenvalue weighted by Crippen LogP contribution is 2.37. The number of benzene rings is 1. The largest absolute Gasteiger partial charge is 0.297 e. The molecule has 0 saturated heterocycles. The van der Waals surface area contributed by atoms with E-state index in [4.69, 9.17) is 11.6 Å². The van der Waals surface area contributed by atoms with Crippen molar-refractivity contribution in [2.24, 2.45) is 0 Å². The van der Waals surface area contributed by atoms with Crippen LogP contribution in [0.15, 0.2) is 29.6 Å². The molecule has 0 N–H and O–H groups in total. The zero-order chi connectivity index (χ0) is 13.4. The van der Waals surface area contributed by atoms with E-state index < -0.39 is 0 Å². The molecule has 0 spiro atoms. The fourth-order valence-corrected chi connectivity index (χ4v) is 3.63. The van der Waals surface area contributed by atoms with E-state index in [2.05, 4.69) is 29.5 Å². The zero-order valence-electron chi connectivity index (χ0n) is 10.6. The molecular formula is C15H14ClNOS. The summed E-state index contributed by atoms with van der Waals surface area (Å²) in [5, 5.41) is 2.84. The first kappa shape index (κ1) is 12.9. The maximum atomic E-state index is 10.9. The van der Waals surface area contributed by atoms with Crippen LogP contribution in [0.1, 0.15) is 32.4 Å². The summed E-state index contributed by atoms with van der Waals surface area (Å²) in [4.78, 5) is 13.9. The van der Waals surface area contributed by atoms with Gasteiger partial charge in [-0.3, -0.25) is 9.69 Å². The lowest BCUT2D eigenvalue weighted by atomic mass is 9.90. The molecule has 2 aromatic rings. The molecule has 0 fully saturated rings. The molecular weight excluding hydrogens is 278 g/mol. The first-order valence-electron chi connectivity index (χ1n) is 6.21. The molecule has 1 aromatic heterocycles. The number of hydrogen-bond donors (Lipinski definition) is 0. The third-order valence-corrected chi connectivity index (χ3v) is 4.76. The standard InChI is InChI=1S/C15H14ClNOS/c1-17-5-4-10-2-3-12(16)7-14(10)15(17)11-6-13(8-18)19-9-11/h2-3,6-9,15H,4-5H2,1H3. The van der Waals surface area contributed by atoms with Gasteiger partial charge in [0.1, 0.15) is 0 Å². The maximum absolute atomic E-state index is 10.9. The summed E-state index contributed by atoms with van der Waals surface area (Å²) in [5.74, 6) is 0. The Balaban J connectivity index is 2.09. The van der Waals surface area contributed by atoms with E-state index >= 15 is 0 Å². The molecule has 0 saturated carbocycles. The number of fused-ring (bicyclic) bond motifs is 1. The monoisotopic (exact) mass is 291 g/mol. The van der Waals surface area contributed by atoms with Crippen molar-refractivity contribution >= 4 is 29.2 Å². The van der Waals surface area contributed by atoms with Crippen LogP contribution in [-0.4, -0.2) is 24.8 Å². The second-order valence-corrected chi connectivity index (χ2v) is 6.26. The number of aldehydes is 1. The predicted molar refractivity (Wildman–Crippen MR) is 79.3 cm³/mol. The van der Waals surface area contributed by atoms with Gasteiger partial charge in [0.25, 0.3) is 0 Å². The second-order valence-electron chi connectivity index (χ2n) is 4.88. The molecule has 19 heavy (non-hydrogen) atoms. The van der Waals surface area contributed by atoms with Crippen LogP contribution >= 0.6 is 22.9 Å². The average Bonchev–Trinajstić information content (AvgIpc) is 2.87. The predicted octanol–water partition coefficient (Wildman–Crippen LogP) is 3.79. The Kier molecular flexibility index (Phi) is 3.44. The van der Waals surface area contributed by atoms with E-state index in [-0.39, 0.29) is 6.04 Å². The van der Waals surface area contributed by atoms with Crippen molar-refractivity contribution in [3.8, 4) is 0 Å². The summed E-state index contributed by atoms with van der Waals surface area (Å²) < 4.78 is 0. The highest BCUT2D eigenvalue weighted by molar-refractivity contribution is 7.11. The van der Waals surface area contributed by atoms with Gasteiger partial charge < -0.3 is 0 Å². The Bertz CT molecular complexity index is 622. The Morgan fingerprint density at radius 3 is 3.00 bits per heavy atom. The Morgan fingerprint density at radius 2 is 2.26 bits per heavy atom. The van der Waals surface area contributed by atoms with Crippen molar-refractivity contribution in [1.29, 1.82) is 0 Å². The number of thiophene rings is 1. The minimum Gasteiger partial charge on any atom is -0.297 e. The second kappa shape index (κ2) is 5.08. The van der Waals surface area contributed by atoms with Gasteiger partial charge >= 0.3 is 0 Å². The normalized spacial score (nSPS) is 19.2. The summed E-state index contributed by atoms with van der Waals surface area (Å²) in [7, 11) is 2.12. The van der Waals surface area contributed by atoms with Gasteiger partial charge in [0, 0.05) is 11.6 Å². The van der Waals surface area contributed by atoms with E-state index in [1.807, 2.05) is 12.1 Å². The molecule has 1 atom stereocenters. The highest BCUT2D eigenvalue weighted by atomic mass is 35.5. The van der Waals surface area contributed by atoms with Crippen molar-refractivity contribution in [1.82, 2.24) is 4.90 Å². The van der Waals surface area contributed by atoms with Gasteiger partial charge in [-0.25, -0.2) is 0 Å². The van der Waals surface area contributed by atoms with E-state index in [1.165, 1.54) is 28.0 Å². The molecule has 98 valence electrons. The van der Waals surface area contributed by atoms with E-state index in [0.717, 1.165) is 29.2 Å². The van der Waals surface area contributed by atoms with Crippen molar-refractivity contribution in [3.05, 3.63) is 56.2 Å². The van der Waals surface area contributed by atoms with Gasteiger partial charge in [-0.15, -0.1) is 11.3 Å². The fourth-order valence-electron chi connectivity index (χ4n) is 2.72. The van der Waals surface area contributed by atoms with Gasteiger partial charge in [0.15, 0.2) is 6.29 Å². The fraction of sp³-hybridized carbons (Fsp3) is 0.267. The van der Waals surface area contributed by atoms with Crippen molar-refractivity contribution < 1.29 is 4.79 Å². The summed E-state index contributed by atoms with van der Waals surface area (Å²) in [6, 6.07) is 8.30. The molecule has 0 amide bonds. The summed E-state index contributed by atoms with van der Waals surface area (Å²) in [6.07, 6.45) is 1.96. The molecule has 1 unspecified atom stereocenters. The number of hydrogen-bond acceptors (Lipinski definition) is 3. The maximum Gasteiger partial charge on any atom is 0.160 e. The molecule has 1 aliphatic heterocycles. The van der Waals surface area contributed by atoms with Gasteiger partial charge in [0.05, 0.1) is 10.9 Å². The number of likely N-dealkylation sites (N-methyl/N-ethyl adjacent to an activating group) is 1. The minimum absolute atomic E-state index is 0.201. The topological polar surface area (TPSA) is 20.3 Å². The summed E-state index contributed by atoms with van der Waals surface area (Å²) in [5.41, 5.74) is 3.79. The van der Waals surface area contributed by atoms with Gasteiger partial charge in [-0.05, 0) is 53.7 Å². The lowest BCUT2D eigenvalue weighted by molar-refractivity contribution is 0.112. The van der Waals surface area contributed by atoms with E-state index in [1.54, 1.807) is 0 Å². The Labute approximate surface area is 121 Å². The molecule has 1 aliphatic rings. The third kappa shape index (κ3) is 2.34. The molecule has 0 bridgehead atoms. The van der Waals surface area contributed by atoms with Crippen LogP contribution in [0, 0.1) is 0 Å². The number of nitrogens with zero attached hydrogens (tertiary/aromatic N) is 1. The summed E-state index contributed by atoms with van der Waals surface area (Å²) >= 11 is 7.63. The average molecular weight is 292 g/mol. The molecule has 2 heterocycles. The molecule has 4 heteroatoms. The zero-order valence-corrected chi connectivity index (χ0v) is 12.2. The minimum atomic E-state index is 0.201. The number of carbonyl (C=O) groups excluding carboxylic acids is 1. The van der Waals surface area contributed by atoms with Crippen molar-refractivity contribution in [2.75, 3.05) is 13.6 Å². The Morgan fingerprint density at radius 1 is 1.42 bits per heavy atom. The van der Waals surface area contributed by atoms with Crippen LogP contribution in [0.5, 0.6) is 0 Å². The Hall–Kier alpha value is -1.16. The van der Waals surface area contributed by atoms with Crippen LogP contribution in [0.2, 0.25) is 5.02 Å². The molecule has 1 aromatic carbocycles. The van der Waals surface area contributed by atoms with Crippen LogP contribution in [0.4, 0.5) is 0 Å². The summed E-state index contributed by atoms with van der Waals surface area (Å²) in [6.45, 7) is 1.02. The van der Waals surface area contributed by atoms with Crippen molar-refractivity contribution in [2.45, 2.75) is 12.5 Å². The third-order valence-electron chi connectivity index (χ3n) is 3.65. The van der Waals surface area contributed by atoms with Crippen molar-refractivity contribution in [3.63, 3.8) is 0 Å². The first-order valence-corrected chi connectivity index (χ1v) is 7.47. The quantitative estimate of drug-likeness (QED) is 0.785. The lowest BCUT2D eigenvalue weighted by Crippen LogP contribution is -2.32. The SMILES string of the molecule is CN1CCc2ccc(Cl)cc2C1c1csc(C=O)c1. The number of rotatable bonds is 2. The van der Waals surface area contributed by atoms with Gasteiger partial charge in [-0.1, -0.05) is 17.7 Å². The van der Waals surface area contributed by atoms with Crippen LogP contribution in [-0.2, 0) is 6.42 Å². The van der Waals surface area contributed by atoms with Crippen LogP contribution in [0.3, 0.4) is 0 Å².